The maximum atomic E-state index is 5.82. The van der Waals surface area contributed by atoms with Crippen molar-refractivity contribution in [3.05, 3.63) is 29.3 Å². The summed E-state index contributed by atoms with van der Waals surface area (Å²) in [7, 11) is 0. The first kappa shape index (κ1) is 13.0. The van der Waals surface area contributed by atoms with Gasteiger partial charge in [-0.05, 0) is 26.0 Å². The number of fused-ring (bicyclic) bond motifs is 1. The number of ether oxygens (including phenoxy) is 1. The molecule has 0 fully saturated rings. The Morgan fingerprint density at radius 1 is 1.30 bits per heavy atom. The largest absolute Gasteiger partial charge is 0.490 e. The van der Waals surface area contributed by atoms with Crippen molar-refractivity contribution in [1.82, 2.24) is 19.8 Å². The summed E-state index contributed by atoms with van der Waals surface area (Å²) in [5.41, 5.74) is 6.50. The number of para-hydroxylation sites is 1. The van der Waals surface area contributed by atoms with Gasteiger partial charge >= 0.3 is 0 Å². The molecule has 0 radical (unpaired) electrons. The van der Waals surface area contributed by atoms with Crippen LogP contribution < -0.4 is 10.5 Å². The summed E-state index contributed by atoms with van der Waals surface area (Å²) in [6, 6.07) is 7.76. The van der Waals surface area contributed by atoms with Gasteiger partial charge in [0.15, 0.2) is 5.82 Å². The Hall–Kier alpha value is -1.99. The molecule has 0 spiro atoms. The van der Waals surface area contributed by atoms with Crippen molar-refractivity contribution in [2.45, 2.75) is 26.5 Å². The molecule has 3 aromatic rings. The van der Waals surface area contributed by atoms with Gasteiger partial charge in [-0.2, -0.15) is 9.61 Å². The number of rotatable bonds is 4. The Balaban J connectivity index is 2.12. The highest BCUT2D eigenvalue weighted by Crippen LogP contribution is 2.30. The van der Waals surface area contributed by atoms with E-state index >= 15 is 0 Å². The fraction of sp³-hybridized carbons (Fsp3) is 0.308. The Bertz CT molecular complexity index is 733. The summed E-state index contributed by atoms with van der Waals surface area (Å²) in [6.45, 7) is 4.38. The molecule has 6 nitrogen and oxygen atoms in total. The van der Waals surface area contributed by atoms with Crippen LogP contribution in [0.1, 0.15) is 18.9 Å². The first-order valence-corrected chi connectivity index (χ1v) is 7.18. The third-order valence-corrected chi connectivity index (χ3v) is 3.62. The molecule has 0 aliphatic heterocycles. The van der Waals surface area contributed by atoms with Gasteiger partial charge in [0.1, 0.15) is 10.8 Å². The monoisotopic (exact) mass is 289 g/mol. The molecule has 104 valence electrons. The molecule has 7 heteroatoms. The maximum Gasteiger partial charge on any atom is 0.235 e. The van der Waals surface area contributed by atoms with Gasteiger partial charge in [0.05, 0.1) is 11.7 Å². The standard InChI is InChI=1S/C13H15N5OS/c1-8(2)19-10-6-4-3-5-9(10)12-15-16-13-18(12)17-11(7-14)20-13/h3-6,8H,7,14H2,1-2H3. The fourth-order valence-electron chi connectivity index (χ4n) is 1.92. The average Bonchev–Trinajstić information content (AvgIpc) is 2.98. The second-order valence-corrected chi connectivity index (χ2v) is 5.62. The fourth-order valence-corrected chi connectivity index (χ4v) is 2.63. The van der Waals surface area contributed by atoms with Crippen molar-refractivity contribution in [3.8, 4) is 17.1 Å². The molecule has 0 aliphatic carbocycles. The number of aromatic nitrogens is 4. The highest BCUT2D eigenvalue weighted by molar-refractivity contribution is 7.16. The topological polar surface area (TPSA) is 78.3 Å². The molecule has 3 rings (SSSR count). The zero-order valence-corrected chi connectivity index (χ0v) is 12.1. The van der Waals surface area contributed by atoms with Crippen molar-refractivity contribution in [1.29, 1.82) is 0 Å². The second kappa shape index (κ2) is 5.18. The lowest BCUT2D eigenvalue weighted by Gasteiger charge is -2.12. The van der Waals surface area contributed by atoms with E-state index in [-0.39, 0.29) is 6.10 Å². The molecule has 0 saturated carbocycles. The molecule has 2 N–H and O–H groups in total. The Labute approximate surface area is 120 Å². The summed E-state index contributed by atoms with van der Waals surface area (Å²) < 4.78 is 7.54. The van der Waals surface area contributed by atoms with Crippen LogP contribution >= 0.6 is 11.3 Å². The van der Waals surface area contributed by atoms with Crippen molar-refractivity contribution < 1.29 is 4.74 Å². The van der Waals surface area contributed by atoms with Crippen molar-refractivity contribution >= 4 is 16.3 Å². The predicted octanol–water partition coefficient (Wildman–Crippen LogP) is 2.10. The van der Waals surface area contributed by atoms with E-state index in [1.54, 1.807) is 4.52 Å². The van der Waals surface area contributed by atoms with E-state index in [4.69, 9.17) is 10.5 Å². The first-order valence-electron chi connectivity index (χ1n) is 6.36. The number of hydrogen-bond donors (Lipinski definition) is 1. The zero-order chi connectivity index (χ0) is 14.1. The molecule has 20 heavy (non-hydrogen) atoms. The number of nitrogens with zero attached hydrogens (tertiary/aromatic N) is 4. The normalized spacial score (nSPS) is 11.4. The van der Waals surface area contributed by atoms with Gasteiger partial charge in [0, 0.05) is 6.54 Å². The Morgan fingerprint density at radius 2 is 2.10 bits per heavy atom. The highest BCUT2D eigenvalue weighted by Gasteiger charge is 2.16. The van der Waals surface area contributed by atoms with Crippen molar-refractivity contribution in [3.63, 3.8) is 0 Å². The van der Waals surface area contributed by atoms with E-state index in [0.717, 1.165) is 21.3 Å². The van der Waals surface area contributed by atoms with E-state index in [9.17, 15) is 0 Å². The van der Waals surface area contributed by atoms with Gasteiger partial charge in [-0.25, -0.2) is 0 Å². The first-order chi connectivity index (χ1) is 9.69. The predicted molar refractivity (Wildman–Crippen MR) is 77.8 cm³/mol. The molecule has 0 unspecified atom stereocenters. The van der Waals surface area contributed by atoms with E-state index < -0.39 is 0 Å². The lowest BCUT2D eigenvalue weighted by molar-refractivity contribution is 0.243. The summed E-state index contributed by atoms with van der Waals surface area (Å²) in [5.74, 6) is 1.45. The summed E-state index contributed by atoms with van der Waals surface area (Å²) in [5, 5.41) is 13.6. The number of hydrogen-bond acceptors (Lipinski definition) is 6. The third-order valence-electron chi connectivity index (χ3n) is 2.70. The lowest BCUT2D eigenvalue weighted by atomic mass is 10.2. The van der Waals surface area contributed by atoms with Gasteiger partial charge < -0.3 is 10.5 Å². The van der Waals surface area contributed by atoms with Gasteiger partial charge in [-0.3, -0.25) is 0 Å². The minimum Gasteiger partial charge on any atom is -0.490 e. The molecule has 0 saturated heterocycles. The van der Waals surface area contributed by atoms with Crippen LogP contribution in [0, 0.1) is 0 Å². The van der Waals surface area contributed by atoms with Gasteiger partial charge in [0.25, 0.3) is 0 Å². The smallest absolute Gasteiger partial charge is 0.235 e. The summed E-state index contributed by atoms with van der Waals surface area (Å²) >= 11 is 1.44. The van der Waals surface area contributed by atoms with Crippen molar-refractivity contribution in [2.24, 2.45) is 5.73 Å². The molecule has 2 aromatic heterocycles. The van der Waals surface area contributed by atoms with E-state index in [2.05, 4.69) is 15.3 Å². The molecular weight excluding hydrogens is 274 g/mol. The van der Waals surface area contributed by atoms with Crippen LogP contribution in [-0.4, -0.2) is 25.9 Å². The summed E-state index contributed by atoms with van der Waals surface area (Å²) in [4.78, 5) is 0.736. The third kappa shape index (κ3) is 2.25. The molecule has 0 bridgehead atoms. The van der Waals surface area contributed by atoms with Crippen LogP contribution in [-0.2, 0) is 6.54 Å². The van der Waals surface area contributed by atoms with Crippen LogP contribution in [0.3, 0.4) is 0 Å². The van der Waals surface area contributed by atoms with E-state index in [1.807, 2.05) is 38.1 Å². The average molecular weight is 289 g/mol. The highest BCUT2D eigenvalue weighted by atomic mass is 32.1. The van der Waals surface area contributed by atoms with Crippen LogP contribution in [0.2, 0.25) is 0 Å². The Kier molecular flexibility index (Phi) is 3.37. The quantitative estimate of drug-likeness (QED) is 0.795. The molecular formula is C13H15N5OS. The number of nitrogens with two attached hydrogens (primary N) is 1. The van der Waals surface area contributed by atoms with Crippen molar-refractivity contribution in [2.75, 3.05) is 0 Å². The molecule has 2 heterocycles. The summed E-state index contributed by atoms with van der Waals surface area (Å²) in [6.07, 6.45) is 0.0922. The lowest BCUT2D eigenvalue weighted by Crippen LogP contribution is -2.07. The Morgan fingerprint density at radius 3 is 2.85 bits per heavy atom. The molecule has 0 atom stereocenters. The van der Waals surface area contributed by atoms with Gasteiger partial charge in [0.2, 0.25) is 4.96 Å². The maximum absolute atomic E-state index is 5.82. The minimum absolute atomic E-state index is 0.0922. The zero-order valence-electron chi connectivity index (χ0n) is 11.3. The SMILES string of the molecule is CC(C)Oc1ccccc1-c1nnc2sc(CN)nn12. The van der Waals surface area contributed by atoms with Gasteiger partial charge in [-0.15, -0.1) is 10.2 Å². The number of benzene rings is 1. The van der Waals surface area contributed by atoms with Crippen LogP contribution in [0.15, 0.2) is 24.3 Å². The minimum atomic E-state index is 0.0922. The molecule has 1 aromatic carbocycles. The van der Waals surface area contributed by atoms with Gasteiger partial charge in [-0.1, -0.05) is 23.5 Å². The van der Waals surface area contributed by atoms with Crippen LogP contribution in [0.4, 0.5) is 0 Å². The van der Waals surface area contributed by atoms with Crippen LogP contribution in [0.25, 0.3) is 16.3 Å². The van der Waals surface area contributed by atoms with Crippen LogP contribution in [0.5, 0.6) is 5.75 Å². The molecule has 0 amide bonds. The molecule has 0 aliphatic rings. The van der Waals surface area contributed by atoms with E-state index in [1.165, 1.54) is 11.3 Å². The second-order valence-electron chi connectivity index (χ2n) is 4.58. The van der Waals surface area contributed by atoms with E-state index in [0.29, 0.717) is 12.4 Å².